The zero-order valence-corrected chi connectivity index (χ0v) is 13.1. The van der Waals surface area contributed by atoms with Crippen molar-refractivity contribution in [2.75, 3.05) is 39.3 Å². The van der Waals surface area contributed by atoms with Gasteiger partial charge in [-0.2, -0.15) is 0 Å². The molecular formula is C16H26ClN3. The van der Waals surface area contributed by atoms with Crippen molar-refractivity contribution < 1.29 is 0 Å². The highest BCUT2D eigenvalue weighted by Crippen LogP contribution is 2.27. The molecule has 0 bridgehead atoms. The molecule has 112 valence electrons. The van der Waals surface area contributed by atoms with E-state index in [1.165, 1.54) is 24.9 Å². The van der Waals surface area contributed by atoms with Gasteiger partial charge in [-0.05, 0) is 24.6 Å². The van der Waals surface area contributed by atoms with E-state index in [0.717, 1.165) is 31.2 Å². The minimum absolute atomic E-state index is 0.247. The van der Waals surface area contributed by atoms with Crippen LogP contribution in [0, 0.1) is 0 Å². The van der Waals surface area contributed by atoms with Gasteiger partial charge in [0.1, 0.15) is 0 Å². The number of nitrogens with two attached hydrogens (primary N) is 1. The number of piperazine rings is 1. The van der Waals surface area contributed by atoms with Crippen LogP contribution < -0.4 is 5.73 Å². The predicted molar refractivity (Wildman–Crippen MR) is 86.2 cm³/mol. The summed E-state index contributed by atoms with van der Waals surface area (Å²) in [5, 5.41) is 0.830. The fourth-order valence-corrected chi connectivity index (χ4v) is 3.16. The maximum Gasteiger partial charge on any atom is 0.0486 e. The molecular weight excluding hydrogens is 270 g/mol. The van der Waals surface area contributed by atoms with Crippen molar-refractivity contribution in [2.45, 2.75) is 25.8 Å². The molecule has 1 heterocycles. The summed E-state index contributed by atoms with van der Waals surface area (Å²) in [6.45, 7) is 8.54. The van der Waals surface area contributed by atoms with Crippen LogP contribution in [0.4, 0.5) is 0 Å². The Kier molecular flexibility index (Phi) is 6.30. The van der Waals surface area contributed by atoms with Crippen LogP contribution in [0.15, 0.2) is 24.3 Å². The van der Waals surface area contributed by atoms with Crippen LogP contribution in [-0.4, -0.2) is 49.1 Å². The van der Waals surface area contributed by atoms with Crippen molar-refractivity contribution in [1.82, 2.24) is 9.80 Å². The third-order valence-corrected chi connectivity index (χ3v) is 4.51. The Hall–Kier alpha value is -0.610. The van der Waals surface area contributed by atoms with E-state index in [1.807, 2.05) is 18.2 Å². The standard InChI is InChI=1S/C16H26ClN3/c1-2-3-8-19-9-11-20(12-10-19)16(13-18)14-6-4-5-7-15(14)17/h4-7,16H,2-3,8-13,18H2,1H3. The molecule has 1 aliphatic rings. The molecule has 3 nitrogen and oxygen atoms in total. The molecule has 2 rings (SSSR count). The zero-order chi connectivity index (χ0) is 14.4. The summed E-state index contributed by atoms with van der Waals surface area (Å²) in [7, 11) is 0. The second-order valence-electron chi connectivity index (χ2n) is 5.50. The van der Waals surface area contributed by atoms with E-state index in [2.05, 4.69) is 22.8 Å². The molecule has 1 aromatic carbocycles. The third kappa shape index (κ3) is 3.95. The van der Waals surface area contributed by atoms with Gasteiger partial charge in [0, 0.05) is 43.8 Å². The highest BCUT2D eigenvalue weighted by Gasteiger charge is 2.24. The van der Waals surface area contributed by atoms with Crippen LogP contribution in [0.2, 0.25) is 5.02 Å². The van der Waals surface area contributed by atoms with Crippen LogP contribution in [0.25, 0.3) is 0 Å². The van der Waals surface area contributed by atoms with Gasteiger partial charge in [-0.25, -0.2) is 0 Å². The Morgan fingerprint density at radius 1 is 1.20 bits per heavy atom. The maximum atomic E-state index is 6.32. The largest absolute Gasteiger partial charge is 0.329 e. The molecule has 0 saturated carbocycles. The summed E-state index contributed by atoms with van der Waals surface area (Å²) in [6, 6.07) is 8.32. The van der Waals surface area contributed by atoms with E-state index in [0.29, 0.717) is 6.54 Å². The van der Waals surface area contributed by atoms with Crippen LogP contribution in [-0.2, 0) is 0 Å². The minimum atomic E-state index is 0.247. The van der Waals surface area contributed by atoms with Gasteiger partial charge < -0.3 is 10.6 Å². The molecule has 1 saturated heterocycles. The SMILES string of the molecule is CCCCN1CCN(C(CN)c2ccccc2Cl)CC1. The first-order valence-corrected chi connectivity index (χ1v) is 8.05. The lowest BCUT2D eigenvalue weighted by Gasteiger charge is -2.39. The van der Waals surface area contributed by atoms with Crippen LogP contribution in [0.5, 0.6) is 0 Å². The first-order chi connectivity index (χ1) is 9.76. The molecule has 0 spiro atoms. The molecule has 1 aromatic rings. The first-order valence-electron chi connectivity index (χ1n) is 7.67. The quantitative estimate of drug-likeness (QED) is 0.876. The summed E-state index contributed by atoms with van der Waals surface area (Å²) >= 11 is 6.32. The number of nitrogens with zero attached hydrogens (tertiary/aromatic N) is 2. The third-order valence-electron chi connectivity index (χ3n) is 4.16. The highest BCUT2D eigenvalue weighted by molar-refractivity contribution is 6.31. The summed E-state index contributed by atoms with van der Waals surface area (Å²) < 4.78 is 0. The normalized spacial score (nSPS) is 19.1. The number of halogens is 1. The van der Waals surface area contributed by atoms with Crippen LogP contribution >= 0.6 is 11.6 Å². The Labute approximate surface area is 127 Å². The fraction of sp³-hybridized carbons (Fsp3) is 0.625. The van der Waals surface area contributed by atoms with E-state index in [4.69, 9.17) is 17.3 Å². The summed E-state index contributed by atoms with van der Waals surface area (Å²) in [6.07, 6.45) is 2.57. The lowest BCUT2D eigenvalue weighted by molar-refractivity contribution is 0.0976. The summed E-state index contributed by atoms with van der Waals surface area (Å²) in [4.78, 5) is 5.03. The molecule has 0 aliphatic carbocycles. The van der Waals surface area contributed by atoms with E-state index in [-0.39, 0.29) is 6.04 Å². The molecule has 2 N–H and O–H groups in total. The predicted octanol–water partition coefficient (Wildman–Crippen LogP) is 2.76. The number of hydrogen-bond acceptors (Lipinski definition) is 3. The molecule has 0 amide bonds. The van der Waals surface area contributed by atoms with Gasteiger partial charge in [0.05, 0.1) is 0 Å². The second kappa shape index (κ2) is 7.99. The van der Waals surface area contributed by atoms with Crippen LogP contribution in [0.3, 0.4) is 0 Å². The average molecular weight is 296 g/mol. The van der Waals surface area contributed by atoms with Crippen molar-refractivity contribution >= 4 is 11.6 Å². The zero-order valence-electron chi connectivity index (χ0n) is 12.4. The van der Waals surface area contributed by atoms with E-state index >= 15 is 0 Å². The Morgan fingerprint density at radius 2 is 1.90 bits per heavy atom. The molecule has 4 heteroatoms. The molecule has 1 fully saturated rings. The fourth-order valence-electron chi connectivity index (χ4n) is 2.90. The topological polar surface area (TPSA) is 32.5 Å². The van der Waals surface area contributed by atoms with Gasteiger partial charge in [-0.15, -0.1) is 0 Å². The molecule has 1 aliphatic heterocycles. The van der Waals surface area contributed by atoms with Gasteiger partial charge >= 0.3 is 0 Å². The number of hydrogen-bond donors (Lipinski definition) is 1. The van der Waals surface area contributed by atoms with Crippen molar-refractivity contribution in [3.63, 3.8) is 0 Å². The Bertz CT molecular complexity index is 402. The van der Waals surface area contributed by atoms with Crippen molar-refractivity contribution in [1.29, 1.82) is 0 Å². The maximum absolute atomic E-state index is 6.32. The highest BCUT2D eigenvalue weighted by atomic mass is 35.5. The average Bonchev–Trinajstić information content (AvgIpc) is 2.49. The van der Waals surface area contributed by atoms with Gasteiger partial charge in [0.2, 0.25) is 0 Å². The lowest BCUT2D eigenvalue weighted by atomic mass is 10.0. The number of rotatable bonds is 6. The Balaban J connectivity index is 1.95. The number of benzene rings is 1. The van der Waals surface area contributed by atoms with Crippen LogP contribution in [0.1, 0.15) is 31.4 Å². The van der Waals surface area contributed by atoms with Gasteiger partial charge in [0.15, 0.2) is 0 Å². The van der Waals surface area contributed by atoms with E-state index in [1.54, 1.807) is 0 Å². The van der Waals surface area contributed by atoms with Crippen molar-refractivity contribution in [2.24, 2.45) is 5.73 Å². The molecule has 1 unspecified atom stereocenters. The van der Waals surface area contributed by atoms with Crippen molar-refractivity contribution in [3.8, 4) is 0 Å². The molecule has 0 radical (unpaired) electrons. The monoisotopic (exact) mass is 295 g/mol. The summed E-state index contributed by atoms with van der Waals surface area (Å²) in [5.74, 6) is 0. The minimum Gasteiger partial charge on any atom is -0.329 e. The van der Waals surface area contributed by atoms with Gasteiger partial charge in [-0.3, -0.25) is 4.90 Å². The lowest BCUT2D eigenvalue weighted by Crippen LogP contribution is -2.49. The molecule has 20 heavy (non-hydrogen) atoms. The summed E-state index contributed by atoms with van der Waals surface area (Å²) in [5.41, 5.74) is 7.17. The Morgan fingerprint density at radius 3 is 2.50 bits per heavy atom. The smallest absolute Gasteiger partial charge is 0.0486 e. The van der Waals surface area contributed by atoms with Gasteiger partial charge in [0.25, 0.3) is 0 Å². The molecule has 1 atom stereocenters. The van der Waals surface area contributed by atoms with Gasteiger partial charge in [-0.1, -0.05) is 43.1 Å². The number of unbranched alkanes of at least 4 members (excludes halogenated alkanes) is 1. The second-order valence-corrected chi connectivity index (χ2v) is 5.91. The van der Waals surface area contributed by atoms with E-state index < -0.39 is 0 Å². The van der Waals surface area contributed by atoms with Crippen molar-refractivity contribution in [3.05, 3.63) is 34.9 Å². The van der Waals surface area contributed by atoms with E-state index in [9.17, 15) is 0 Å². The first kappa shape index (κ1) is 15.8. The molecule has 0 aromatic heterocycles.